The van der Waals surface area contributed by atoms with Gasteiger partial charge in [-0.2, -0.15) is 0 Å². The summed E-state index contributed by atoms with van der Waals surface area (Å²) < 4.78 is 6.49. The topological polar surface area (TPSA) is 38.9 Å². The number of hydrogen-bond acceptors (Lipinski definition) is 4. The van der Waals surface area contributed by atoms with Crippen molar-refractivity contribution in [3.63, 3.8) is 0 Å². The van der Waals surface area contributed by atoms with Crippen molar-refractivity contribution >= 4 is 55.5 Å². The summed E-state index contributed by atoms with van der Waals surface area (Å²) in [4.78, 5) is 13.0. The van der Waals surface area contributed by atoms with Gasteiger partial charge in [-0.05, 0) is 59.0 Å². The van der Waals surface area contributed by atoms with Crippen molar-refractivity contribution in [3.8, 4) is 33.6 Å². The van der Waals surface area contributed by atoms with Crippen LogP contribution in [0.1, 0.15) is 0 Å². The largest absolute Gasteiger partial charge is 0.456 e. The molecule has 1 aliphatic rings. The Morgan fingerprint density at radius 3 is 2.00 bits per heavy atom. The van der Waals surface area contributed by atoms with Gasteiger partial charge >= 0.3 is 0 Å². The van der Waals surface area contributed by atoms with Gasteiger partial charge in [0.2, 0.25) is 0 Å². The van der Waals surface area contributed by atoms with Crippen LogP contribution < -0.4 is 0 Å². The van der Waals surface area contributed by atoms with Gasteiger partial charge in [-0.15, -0.1) is 0 Å². The van der Waals surface area contributed by atoms with Gasteiger partial charge in [-0.1, -0.05) is 90.6 Å². The zero-order valence-electron chi connectivity index (χ0n) is 21.3. The molecule has 1 aliphatic heterocycles. The summed E-state index contributed by atoms with van der Waals surface area (Å²) in [6, 6.07) is 42.2. The molecule has 0 amide bonds. The minimum absolute atomic E-state index is 0.860. The van der Waals surface area contributed by atoms with Crippen molar-refractivity contribution < 1.29 is 4.42 Å². The zero-order chi connectivity index (χ0) is 26.2. The van der Waals surface area contributed by atoms with E-state index in [4.69, 9.17) is 14.4 Å². The summed E-state index contributed by atoms with van der Waals surface area (Å²) in [5.74, 6) is 0. The first-order valence-corrected chi connectivity index (χ1v) is 14.2. The Bertz CT molecular complexity index is 2300. The van der Waals surface area contributed by atoms with E-state index in [2.05, 4.69) is 91.0 Å². The van der Waals surface area contributed by atoms with Gasteiger partial charge in [0.05, 0.1) is 22.4 Å². The van der Waals surface area contributed by atoms with Gasteiger partial charge in [-0.25, -0.2) is 9.97 Å². The number of benzene rings is 6. The van der Waals surface area contributed by atoms with Crippen LogP contribution in [0.5, 0.6) is 0 Å². The van der Waals surface area contributed by atoms with E-state index in [9.17, 15) is 0 Å². The first kappa shape index (κ1) is 21.9. The average molecular weight is 529 g/mol. The highest BCUT2D eigenvalue weighted by molar-refractivity contribution is 8.00. The lowest BCUT2D eigenvalue weighted by Gasteiger charge is -2.17. The monoisotopic (exact) mass is 528 g/mol. The molecule has 6 aromatic carbocycles. The molecule has 0 saturated heterocycles. The zero-order valence-corrected chi connectivity index (χ0v) is 22.1. The second kappa shape index (κ2) is 8.28. The Balaban J connectivity index is 1.39. The van der Waals surface area contributed by atoms with Gasteiger partial charge in [0.1, 0.15) is 11.2 Å². The summed E-state index contributed by atoms with van der Waals surface area (Å²) in [5, 5.41) is 4.80. The van der Waals surface area contributed by atoms with Crippen LogP contribution in [0.3, 0.4) is 0 Å². The summed E-state index contributed by atoms with van der Waals surface area (Å²) in [6.07, 6.45) is 0. The molecule has 0 radical (unpaired) electrons. The average Bonchev–Trinajstić information content (AvgIpc) is 3.40. The van der Waals surface area contributed by atoms with E-state index in [0.29, 0.717) is 0 Å². The number of nitrogens with zero attached hydrogens (tertiary/aromatic N) is 2. The van der Waals surface area contributed by atoms with Crippen LogP contribution >= 0.6 is 11.8 Å². The summed E-state index contributed by atoms with van der Waals surface area (Å²) >= 11 is 1.81. The molecular weight excluding hydrogens is 508 g/mol. The number of para-hydroxylation sites is 2. The Morgan fingerprint density at radius 2 is 1.15 bits per heavy atom. The molecule has 0 aliphatic carbocycles. The van der Waals surface area contributed by atoms with Crippen LogP contribution in [0.15, 0.2) is 136 Å². The molecule has 40 heavy (non-hydrogen) atoms. The maximum atomic E-state index is 6.49. The second-order valence-corrected chi connectivity index (χ2v) is 11.2. The smallest absolute Gasteiger partial charge is 0.136 e. The van der Waals surface area contributed by atoms with Gasteiger partial charge < -0.3 is 4.42 Å². The standard InChI is InChI=1S/C36H20N2OS/c1-2-9-21(10-3-1)22-11-6-12-23(19-22)35-36(38-27-15-5-4-14-26(27)37-35)25-20-29-34-32-24(25)13-7-17-30(32)40-31-18-8-16-28(39-29)33(31)34/h1-20H. The van der Waals surface area contributed by atoms with Crippen LogP contribution in [0, 0.1) is 0 Å². The molecule has 0 N–H and O–H groups in total. The molecule has 0 saturated carbocycles. The van der Waals surface area contributed by atoms with Crippen molar-refractivity contribution in [2.45, 2.75) is 9.79 Å². The number of furan rings is 1. The van der Waals surface area contributed by atoms with Crippen LogP contribution in [-0.2, 0) is 0 Å². The fourth-order valence-electron chi connectivity index (χ4n) is 6.06. The van der Waals surface area contributed by atoms with E-state index in [1.165, 1.54) is 36.9 Å². The molecule has 8 aromatic rings. The van der Waals surface area contributed by atoms with Crippen LogP contribution in [0.2, 0.25) is 0 Å². The molecule has 9 rings (SSSR count). The molecule has 0 spiro atoms. The van der Waals surface area contributed by atoms with Gasteiger partial charge in [0.15, 0.2) is 0 Å². The van der Waals surface area contributed by atoms with E-state index < -0.39 is 0 Å². The van der Waals surface area contributed by atoms with Crippen molar-refractivity contribution in [1.82, 2.24) is 9.97 Å². The van der Waals surface area contributed by atoms with E-state index in [1.807, 2.05) is 42.1 Å². The molecule has 0 fully saturated rings. The highest BCUT2D eigenvalue weighted by atomic mass is 32.2. The van der Waals surface area contributed by atoms with Crippen LogP contribution in [-0.4, -0.2) is 9.97 Å². The van der Waals surface area contributed by atoms with Crippen molar-refractivity contribution in [2.24, 2.45) is 0 Å². The first-order chi connectivity index (χ1) is 19.8. The summed E-state index contributed by atoms with van der Waals surface area (Å²) in [6.45, 7) is 0. The fourth-order valence-corrected chi connectivity index (χ4v) is 7.21. The molecule has 0 atom stereocenters. The van der Waals surface area contributed by atoms with Crippen LogP contribution in [0.4, 0.5) is 0 Å². The molecule has 4 heteroatoms. The third kappa shape index (κ3) is 3.14. The number of aromatic nitrogens is 2. The van der Waals surface area contributed by atoms with Crippen molar-refractivity contribution in [1.29, 1.82) is 0 Å². The number of fused-ring (bicyclic) bond motifs is 1. The van der Waals surface area contributed by atoms with Gasteiger partial charge in [-0.3, -0.25) is 0 Å². The highest BCUT2D eigenvalue weighted by Crippen LogP contribution is 2.51. The summed E-state index contributed by atoms with van der Waals surface area (Å²) in [5.41, 5.74) is 9.68. The molecular formula is C36H20N2OS. The van der Waals surface area contributed by atoms with Crippen molar-refractivity contribution in [2.75, 3.05) is 0 Å². The van der Waals surface area contributed by atoms with E-state index >= 15 is 0 Å². The quantitative estimate of drug-likeness (QED) is 0.229. The Morgan fingerprint density at radius 1 is 0.475 bits per heavy atom. The van der Waals surface area contributed by atoms with Crippen molar-refractivity contribution in [3.05, 3.63) is 121 Å². The maximum Gasteiger partial charge on any atom is 0.136 e. The third-order valence-electron chi connectivity index (χ3n) is 7.83. The van der Waals surface area contributed by atoms with E-state index in [1.54, 1.807) is 0 Å². The highest BCUT2D eigenvalue weighted by Gasteiger charge is 2.25. The minimum Gasteiger partial charge on any atom is -0.456 e. The molecule has 0 unspecified atom stereocenters. The van der Waals surface area contributed by atoms with Gasteiger partial charge in [0, 0.05) is 37.1 Å². The maximum absolute atomic E-state index is 6.49. The van der Waals surface area contributed by atoms with E-state index in [-0.39, 0.29) is 0 Å². The Kier molecular flexibility index (Phi) is 4.54. The molecule has 186 valence electrons. The van der Waals surface area contributed by atoms with Crippen LogP contribution in [0.25, 0.3) is 77.4 Å². The molecule has 3 heterocycles. The van der Waals surface area contributed by atoms with Gasteiger partial charge in [0.25, 0.3) is 0 Å². The normalized spacial score (nSPS) is 12.4. The molecule has 3 nitrogen and oxygen atoms in total. The van der Waals surface area contributed by atoms with E-state index in [0.717, 1.165) is 50.3 Å². The Labute approximate surface area is 234 Å². The lowest BCUT2D eigenvalue weighted by atomic mass is 9.94. The minimum atomic E-state index is 0.860. The lowest BCUT2D eigenvalue weighted by Crippen LogP contribution is -1.97. The fraction of sp³-hybridized carbons (Fsp3) is 0. The number of hydrogen-bond donors (Lipinski definition) is 0. The summed E-state index contributed by atoms with van der Waals surface area (Å²) in [7, 11) is 0. The SMILES string of the molecule is c1ccc(-c2cccc(-c3nc4ccccc4nc3-c3cc4oc5cccc6c5c4c4c(cccc34)S6)c2)cc1. The predicted molar refractivity (Wildman–Crippen MR) is 165 cm³/mol. The Hall–Kier alpha value is -4.93. The first-order valence-electron chi connectivity index (χ1n) is 13.3. The number of rotatable bonds is 3. The molecule has 2 aromatic heterocycles. The lowest BCUT2D eigenvalue weighted by molar-refractivity contribution is 0.669. The third-order valence-corrected chi connectivity index (χ3v) is 8.96. The second-order valence-electron chi connectivity index (χ2n) is 10.2. The predicted octanol–water partition coefficient (Wildman–Crippen LogP) is 10.1. The molecule has 0 bridgehead atoms.